The summed E-state index contributed by atoms with van der Waals surface area (Å²) in [5.74, 6) is -3.56. The van der Waals surface area contributed by atoms with E-state index < -0.39 is 36.1 Å². The van der Waals surface area contributed by atoms with Gasteiger partial charge in [-0.2, -0.15) is 13.2 Å². The maximum atomic E-state index is 13.0. The minimum Gasteiger partial charge on any atom is -0.475 e. The number of aliphatic hydroxyl groups is 1. The van der Waals surface area contributed by atoms with Crippen LogP contribution in [-0.2, 0) is 9.59 Å². The molecule has 2 atom stereocenters. The van der Waals surface area contributed by atoms with Gasteiger partial charge in [-0.15, -0.1) is 0 Å². The molecule has 0 fully saturated rings. The van der Waals surface area contributed by atoms with E-state index in [1.165, 1.54) is 11.3 Å². The highest BCUT2D eigenvalue weighted by molar-refractivity contribution is 7.22. The molecule has 4 rings (SSSR count). The number of hydrogen-bond donors (Lipinski definition) is 5. The minimum atomic E-state index is -5.08. The topological polar surface area (TPSA) is 155 Å². The normalized spacial score (nSPS) is 12.7. The number of halogens is 4. The van der Waals surface area contributed by atoms with Gasteiger partial charge in [-0.1, -0.05) is 67.1 Å². The number of aliphatic carboxylic acids is 1. The van der Waals surface area contributed by atoms with Crippen LogP contribution in [0.4, 0.5) is 24.0 Å². The van der Waals surface area contributed by atoms with Crippen LogP contribution in [0, 0.1) is 0 Å². The van der Waals surface area contributed by atoms with Gasteiger partial charge in [0, 0.05) is 16.3 Å². The number of nitrogens with zero attached hydrogens (tertiary/aromatic N) is 1. The van der Waals surface area contributed by atoms with Gasteiger partial charge in [-0.25, -0.2) is 9.78 Å². The van der Waals surface area contributed by atoms with Crippen LogP contribution in [0.1, 0.15) is 47.3 Å². The lowest BCUT2D eigenvalue weighted by atomic mass is 9.98. The molecule has 0 aliphatic rings. The van der Waals surface area contributed by atoms with Crippen LogP contribution in [0.2, 0.25) is 5.02 Å². The minimum absolute atomic E-state index is 0.319. The summed E-state index contributed by atoms with van der Waals surface area (Å²) >= 11 is 7.71. The van der Waals surface area contributed by atoms with E-state index in [2.05, 4.69) is 29.5 Å². The fourth-order valence-corrected chi connectivity index (χ4v) is 4.66. The molecule has 0 saturated carbocycles. The van der Waals surface area contributed by atoms with E-state index >= 15 is 0 Å². The molecule has 1 heterocycles. The van der Waals surface area contributed by atoms with Crippen molar-refractivity contribution >= 4 is 61.8 Å². The van der Waals surface area contributed by atoms with E-state index in [1.54, 1.807) is 54.6 Å². The van der Waals surface area contributed by atoms with Crippen molar-refractivity contribution in [3.05, 3.63) is 88.4 Å². The third-order valence-electron chi connectivity index (χ3n) is 5.86. The Labute approximate surface area is 247 Å². The van der Waals surface area contributed by atoms with Gasteiger partial charge in [0.05, 0.1) is 16.3 Å². The predicted molar refractivity (Wildman–Crippen MR) is 155 cm³/mol. The summed E-state index contributed by atoms with van der Waals surface area (Å²) in [6.45, 7) is 4.14. The first-order chi connectivity index (χ1) is 19.7. The van der Waals surface area contributed by atoms with Crippen molar-refractivity contribution < 1.29 is 37.8 Å². The summed E-state index contributed by atoms with van der Waals surface area (Å²) < 4.78 is 32.6. The largest absolute Gasteiger partial charge is 0.490 e. The fourth-order valence-electron chi connectivity index (χ4n) is 3.69. The standard InChI is InChI=1S/C26H25ClN4O3S.C2HF3O2/c1-14(2)15-7-9-16(10-8-15)24(33)31-22(18-5-3-4-6-19(18)27)23(32)25(34)29-17-11-12-21-20(13-17)30-26(28)35-21;3-2(4,5)1(6)7/h3-14,22-23,32H,1-2H3,(H2,28,30)(H,29,34)(H,31,33);(H,6,7)/t22-,23+;/m0./s1. The summed E-state index contributed by atoms with van der Waals surface area (Å²) in [5, 5.41) is 24.4. The summed E-state index contributed by atoms with van der Waals surface area (Å²) in [5.41, 5.74) is 8.77. The number of carbonyl (C=O) groups is 3. The summed E-state index contributed by atoms with van der Waals surface area (Å²) in [6, 6.07) is 18.0. The number of alkyl halides is 3. The van der Waals surface area contributed by atoms with Gasteiger partial charge in [0.1, 0.15) is 0 Å². The van der Waals surface area contributed by atoms with Crippen LogP contribution < -0.4 is 16.4 Å². The number of amides is 2. The molecule has 1 aromatic heterocycles. The van der Waals surface area contributed by atoms with Crippen molar-refractivity contribution in [1.29, 1.82) is 0 Å². The lowest BCUT2D eigenvalue weighted by Crippen LogP contribution is -2.42. The molecule has 0 spiro atoms. The summed E-state index contributed by atoms with van der Waals surface area (Å²) in [6.07, 6.45) is -6.70. The molecule has 0 aliphatic carbocycles. The van der Waals surface area contributed by atoms with Crippen molar-refractivity contribution in [2.45, 2.75) is 38.1 Å². The predicted octanol–water partition coefficient (Wildman–Crippen LogP) is 5.76. The second-order valence-electron chi connectivity index (χ2n) is 9.22. The zero-order chi connectivity index (χ0) is 31.2. The van der Waals surface area contributed by atoms with Gasteiger partial charge in [0.2, 0.25) is 0 Å². The number of fused-ring (bicyclic) bond motifs is 1. The maximum absolute atomic E-state index is 13.0. The van der Waals surface area contributed by atoms with E-state index in [9.17, 15) is 27.9 Å². The van der Waals surface area contributed by atoms with Crippen LogP contribution >= 0.6 is 22.9 Å². The molecule has 0 aliphatic heterocycles. The molecule has 222 valence electrons. The van der Waals surface area contributed by atoms with Gasteiger partial charge in [0.25, 0.3) is 11.8 Å². The summed E-state index contributed by atoms with van der Waals surface area (Å²) in [4.78, 5) is 39.2. The highest BCUT2D eigenvalue weighted by Gasteiger charge is 2.38. The number of thiazole rings is 1. The molecular formula is C28H26ClF3N4O5S. The van der Waals surface area contributed by atoms with Gasteiger partial charge >= 0.3 is 12.1 Å². The second-order valence-corrected chi connectivity index (χ2v) is 10.7. The number of anilines is 2. The molecule has 2 amide bonds. The van der Waals surface area contributed by atoms with Crippen molar-refractivity contribution in [2.75, 3.05) is 11.1 Å². The Morgan fingerprint density at radius 3 is 2.21 bits per heavy atom. The molecule has 9 nitrogen and oxygen atoms in total. The lowest BCUT2D eigenvalue weighted by molar-refractivity contribution is -0.192. The van der Waals surface area contributed by atoms with Gasteiger partial charge in [-0.05, 0) is 53.4 Å². The quantitative estimate of drug-likeness (QED) is 0.176. The average molecular weight is 623 g/mol. The van der Waals surface area contributed by atoms with E-state index in [0.29, 0.717) is 38.4 Å². The van der Waals surface area contributed by atoms with E-state index in [4.69, 9.17) is 27.2 Å². The number of carbonyl (C=O) groups excluding carboxylic acids is 2. The molecular weight excluding hydrogens is 597 g/mol. The molecule has 0 bridgehead atoms. The third-order valence-corrected chi connectivity index (χ3v) is 7.07. The van der Waals surface area contributed by atoms with E-state index in [0.717, 1.165) is 10.3 Å². The number of aliphatic hydroxyl groups excluding tert-OH is 1. The Morgan fingerprint density at radius 1 is 1.02 bits per heavy atom. The molecule has 14 heteroatoms. The van der Waals surface area contributed by atoms with E-state index in [1.807, 2.05) is 12.1 Å². The van der Waals surface area contributed by atoms with Crippen LogP contribution in [0.3, 0.4) is 0 Å². The molecule has 0 saturated heterocycles. The van der Waals surface area contributed by atoms with Crippen molar-refractivity contribution in [1.82, 2.24) is 10.3 Å². The Morgan fingerprint density at radius 2 is 1.64 bits per heavy atom. The molecule has 0 radical (unpaired) electrons. The lowest BCUT2D eigenvalue weighted by Gasteiger charge is -2.25. The Bertz CT molecular complexity index is 1580. The number of nitrogens with one attached hydrogen (secondary N) is 2. The molecule has 42 heavy (non-hydrogen) atoms. The van der Waals surface area contributed by atoms with E-state index in [-0.39, 0.29) is 0 Å². The highest BCUT2D eigenvalue weighted by atomic mass is 35.5. The molecule has 4 aromatic rings. The number of rotatable bonds is 7. The number of nitrogens with two attached hydrogens (primary N) is 1. The molecule has 6 N–H and O–H groups in total. The molecule has 0 unspecified atom stereocenters. The van der Waals surface area contributed by atoms with Crippen molar-refractivity contribution in [3.8, 4) is 0 Å². The van der Waals surface area contributed by atoms with Gasteiger partial charge in [-0.3, -0.25) is 9.59 Å². The number of hydrogen-bond acceptors (Lipinski definition) is 7. The number of benzene rings is 3. The van der Waals surface area contributed by atoms with Crippen molar-refractivity contribution in [3.63, 3.8) is 0 Å². The SMILES string of the molecule is CC(C)c1ccc(C(=O)N[C@@H](c2ccccc2Cl)[C@@H](O)C(=O)Nc2ccc3sc(N)nc3c2)cc1.O=C(O)C(F)(F)F. The first kappa shape index (κ1) is 32.3. The maximum Gasteiger partial charge on any atom is 0.490 e. The number of carboxylic acids is 1. The Hall–Kier alpha value is -4.20. The van der Waals surface area contributed by atoms with Crippen LogP contribution in [0.5, 0.6) is 0 Å². The zero-order valence-corrected chi connectivity index (χ0v) is 23.7. The molecule has 3 aromatic carbocycles. The summed E-state index contributed by atoms with van der Waals surface area (Å²) in [7, 11) is 0. The first-order valence-corrected chi connectivity index (χ1v) is 13.5. The first-order valence-electron chi connectivity index (χ1n) is 12.3. The van der Waals surface area contributed by atoms with Crippen molar-refractivity contribution in [2.24, 2.45) is 0 Å². The van der Waals surface area contributed by atoms with Gasteiger partial charge in [0.15, 0.2) is 11.2 Å². The smallest absolute Gasteiger partial charge is 0.475 e. The van der Waals surface area contributed by atoms with Crippen LogP contribution in [0.25, 0.3) is 10.2 Å². The monoisotopic (exact) mass is 622 g/mol. The third kappa shape index (κ3) is 8.41. The number of carboxylic acid groups (broad SMARTS) is 1. The van der Waals surface area contributed by atoms with Gasteiger partial charge < -0.3 is 26.6 Å². The Kier molecular flexibility index (Phi) is 10.5. The second kappa shape index (κ2) is 13.6. The van der Waals surface area contributed by atoms with Crippen LogP contribution in [0.15, 0.2) is 66.7 Å². The number of nitrogen functional groups attached to an aromatic ring is 1. The zero-order valence-electron chi connectivity index (χ0n) is 22.1. The average Bonchev–Trinajstić information content (AvgIpc) is 3.30. The number of aromatic nitrogens is 1. The Balaban J connectivity index is 0.000000616. The highest BCUT2D eigenvalue weighted by Crippen LogP contribution is 2.29. The fraction of sp³-hybridized carbons (Fsp3) is 0.214. The van der Waals surface area contributed by atoms with Crippen LogP contribution in [-0.4, -0.2) is 45.3 Å².